The number of primary amides is 1. The second-order valence-electron chi connectivity index (χ2n) is 3.57. The van der Waals surface area contributed by atoms with Crippen molar-refractivity contribution in [3.8, 4) is 0 Å². The molecule has 1 rings (SSSR count). The highest BCUT2D eigenvalue weighted by Crippen LogP contribution is 2.28. The van der Waals surface area contributed by atoms with Gasteiger partial charge in [0.25, 0.3) is 0 Å². The minimum atomic E-state index is -0.381. The molecule has 3 nitrogen and oxygen atoms in total. The zero-order valence-corrected chi connectivity index (χ0v) is 7.68. The molecule has 1 saturated carbocycles. The Morgan fingerprint density at radius 1 is 1.58 bits per heavy atom. The van der Waals surface area contributed by atoms with Crippen LogP contribution in [-0.2, 0) is 0 Å². The van der Waals surface area contributed by atoms with E-state index in [1.54, 1.807) is 0 Å². The minimum absolute atomic E-state index is 0.310. The fraction of sp³-hybridized carbons (Fsp3) is 0.889. The number of carbonyl (C=O) groups excluding carboxylic acids is 1. The van der Waals surface area contributed by atoms with Crippen LogP contribution in [0.1, 0.15) is 39.0 Å². The number of carbonyl (C=O) groups is 1. The summed E-state index contributed by atoms with van der Waals surface area (Å²) in [4.78, 5) is 10.6. The quantitative estimate of drug-likeness (QED) is 0.664. The van der Waals surface area contributed by atoms with E-state index < -0.39 is 0 Å². The summed E-state index contributed by atoms with van der Waals surface area (Å²) >= 11 is 0. The lowest BCUT2D eigenvalue weighted by atomic mass is 9.96. The molecular formula is C9H18N2O. The Kier molecular flexibility index (Phi) is 3.38. The number of nitrogens with one attached hydrogen (secondary N) is 1. The minimum Gasteiger partial charge on any atom is -0.352 e. The van der Waals surface area contributed by atoms with Gasteiger partial charge in [-0.1, -0.05) is 19.8 Å². The van der Waals surface area contributed by atoms with E-state index >= 15 is 0 Å². The maximum Gasteiger partial charge on any atom is 0.312 e. The first kappa shape index (κ1) is 9.36. The summed E-state index contributed by atoms with van der Waals surface area (Å²) in [5.41, 5.74) is 5.09. The topological polar surface area (TPSA) is 55.1 Å². The second-order valence-corrected chi connectivity index (χ2v) is 3.57. The van der Waals surface area contributed by atoms with Crippen LogP contribution in [0.4, 0.5) is 4.79 Å². The van der Waals surface area contributed by atoms with E-state index in [0.717, 1.165) is 6.42 Å². The molecule has 0 aromatic carbocycles. The average Bonchev–Trinajstić information content (AvgIpc) is 2.51. The molecule has 0 spiro atoms. The molecule has 0 radical (unpaired) electrons. The molecule has 12 heavy (non-hydrogen) atoms. The van der Waals surface area contributed by atoms with Gasteiger partial charge in [0, 0.05) is 6.04 Å². The standard InChI is InChI=1S/C9H18N2O/c1-2-8(11-9(10)12)7-5-3-4-6-7/h7-8H,2-6H2,1H3,(H3,10,11,12). The third-order valence-corrected chi connectivity index (χ3v) is 2.74. The zero-order chi connectivity index (χ0) is 8.97. The van der Waals surface area contributed by atoms with Gasteiger partial charge in [0.15, 0.2) is 0 Å². The van der Waals surface area contributed by atoms with E-state index in [2.05, 4.69) is 12.2 Å². The van der Waals surface area contributed by atoms with Crippen molar-refractivity contribution in [1.82, 2.24) is 5.32 Å². The molecule has 0 aliphatic heterocycles. The van der Waals surface area contributed by atoms with E-state index in [9.17, 15) is 4.79 Å². The summed E-state index contributed by atoms with van der Waals surface area (Å²) in [5, 5.41) is 2.81. The maximum absolute atomic E-state index is 10.6. The molecule has 3 N–H and O–H groups in total. The smallest absolute Gasteiger partial charge is 0.312 e. The first-order chi connectivity index (χ1) is 5.74. The normalized spacial score (nSPS) is 20.8. The molecule has 3 heteroatoms. The summed E-state index contributed by atoms with van der Waals surface area (Å²) in [5.74, 6) is 0.669. The molecule has 0 heterocycles. The van der Waals surface area contributed by atoms with Gasteiger partial charge >= 0.3 is 6.03 Å². The highest BCUT2D eigenvalue weighted by Gasteiger charge is 2.23. The van der Waals surface area contributed by atoms with Crippen molar-refractivity contribution < 1.29 is 4.79 Å². The van der Waals surface area contributed by atoms with Gasteiger partial charge < -0.3 is 11.1 Å². The second kappa shape index (κ2) is 4.33. The van der Waals surface area contributed by atoms with Crippen LogP contribution in [0.5, 0.6) is 0 Å². The van der Waals surface area contributed by atoms with Crippen LogP contribution < -0.4 is 11.1 Å². The van der Waals surface area contributed by atoms with Crippen molar-refractivity contribution in [2.24, 2.45) is 11.7 Å². The van der Waals surface area contributed by atoms with Gasteiger partial charge in [-0.15, -0.1) is 0 Å². The number of urea groups is 1. The number of amides is 2. The van der Waals surface area contributed by atoms with Crippen LogP contribution >= 0.6 is 0 Å². The van der Waals surface area contributed by atoms with Crippen LogP contribution in [0, 0.1) is 5.92 Å². The molecule has 1 atom stereocenters. The molecule has 1 unspecified atom stereocenters. The highest BCUT2D eigenvalue weighted by atomic mass is 16.2. The number of hydrogen-bond donors (Lipinski definition) is 2. The lowest BCUT2D eigenvalue weighted by molar-refractivity contribution is 0.238. The highest BCUT2D eigenvalue weighted by molar-refractivity contribution is 5.71. The Morgan fingerprint density at radius 3 is 2.58 bits per heavy atom. The summed E-state index contributed by atoms with van der Waals surface area (Å²) < 4.78 is 0. The van der Waals surface area contributed by atoms with Crippen LogP contribution in [-0.4, -0.2) is 12.1 Å². The van der Waals surface area contributed by atoms with Gasteiger partial charge in [0.2, 0.25) is 0 Å². The summed E-state index contributed by atoms with van der Waals surface area (Å²) in [6.45, 7) is 2.10. The van der Waals surface area contributed by atoms with Gasteiger partial charge in [0.05, 0.1) is 0 Å². The molecule has 1 aliphatic carbocycles. The van der Waals surface area contributed by atoms with E-state index in [0.29, 0.717) is 12.0 Å². The zero-order valence-electron chi connectivity index (χ0n) is 7.68. The summed E-state index contributed by atoms with van der Waals surface area (Å²) in [7, 11) is 0. The predicted octanol–water partition coefficient (Wildman–Crippen LogP) is 1.62. The third kappa shape index (κ3) is 2.40. The Balaban J connectivity index is 2.37. The van der Waals surface area contributed by atoms with E-state index in [-0.39, 0.29) is 6.03 Å². The molecule has 70 valence electrons. The summed E-state index contributed by atoms with van der Waals surface area (Å²) in [6, 6.07) is -0.0706. The van der Waals surface area contributed by atoms with Crippen molar-refractivity contribution in [3.05, 3.63) is 0 Å². The Hall–Kier alpha value is -0.730. The fourth-order valence-corrected chi connectivity index (χ4v) is 2.10. The van der Waals surface area contributed by atoms with Gasteiger partial charge in [-0.3, -0.25) is 0 Å². The van der Waals surface area contributed by atoms with Crippen LogP contribution in [0.2, 0.25) is 0 Å². The molecule has 2 amide bonds. The molecule has 0 aromatic heterocycles. The van der Waals surface area contributed by atoms with Crippen LogP contribution in [0.3, 0.4) is 0 Å². The molecule has 0 bridgehead atoms. The monoisotopic (exact) mass is 170 g/mol. The van der Waals surface area contributed by atoms with Crippen molar-refractivity contribution in [2.75, 3.05) is 0 Å². The van der Waals surface area contributed by atoms with Gasteiger partial charge in [-0.05, 0) is 25.2 Å². The lowest BCUT2D eigenvalue weighted by Crippen LogP contribution is -2.42. The first-order valence-corrected chi connectivity index (χ1v) is 4.80. The third-order valence-electron chi connectivity index (χ3n) is 2.74. The largest absolute Gasteiger partial charge is 0.352 e. The van der Waals surface area contributed by atoms with E-state index in [1.807, 2.05) is 0 Å². The Labute approximate surface area is 73.7 Å². The summed E-state index contributed by atoms with van der Waals surface area (Å²) in [6.07, 6.45) is 6.11. The van der Waals surface area contributed by atoms with E-state index in [1.165, 1.54) is 25.7 Å². The molecule has 1 fully saturated rings. The molecule has 1 aliphatic rings. The molecular weight excluding hydrogens is 152 g/mol. The van der Waals surface area contributed by atoms with Crippen LogP contribution in [0.15, 0.2) is 0 Å². The van der Waals surface area contributed by atoms with Gasteiger partial charge in [-0.25, -0.2) is 4.79 Å². The average molecular weight is 170 g/mol. The first-order valence-electron chi connectivity index (χ1n) is 4.80. The van der Waals surface area contributed by atoms with Gasteiger partial charge in [-0.2, -0.15) is 0 Å². The van der Waals surface area contributed by atoms with Crippen LogP contribution in [0.25, 0.3) is 0 Å². The predicted molar refractivity (Wildman–Crippen MR) is 48.8 cm³/mol. The van der Waals surface area contributed by atoms with E-state index in [4.69, 9.17) is 5.73 Å². The number of nitrogens with two attached hydrogens (primary N) is 1. The Morgan fingerprint density at radius 2 is 2.17 bits per heavy atom. The molecule has 0 saturated heterocycles. The van der Waals surface area contributed by atoms with Crippen molar-refractivity contribution in [1.29, 1.82) is 0 Å². The molecule has 0 aromatic rings. The number of hydrogen-bond acceptors (Lipinski definition) is 1. The van der Waals surface area contributed by atoms with Crippen molar-refractivity contribution >= 4 is 6.03 Å². The van der Waals surface area contributed by atoms with Crippen molar-refractivity contribution in [2.45, 2.75) is 45.1 Å². The SMILES string of the molecule is CCC(NC(N)=O)C1CCCC1. The lowest BCUT2D eigenvalue weighted by Gasteiger charge is -2.21. The fourth-order valence-electron chi connectivity index (χ4n) is 2.10. The van der Waals surface area contributed by atoms with Crippen molar-refractivity contribution in [3.63, 3.8) is 0 Å². The Bertz CT molecular complexity index is 153. The maximum atomic E-state index is 10.6. The number of rotatable bonds is 3. The van der Waals surface area contributed by atoms with Gasteiger partial charge in [0.1, 0.15) is 0 Å².